The summed E-state index contributed by atoms with van der Waals surface area (Å²) in [4.78, 5) is 10.8. The van der Waals surface area contributed by atoms with E-state index < -0.39 is 5.97 Å². The second kappa shape index (κ2) is 10.1. The van der Waals surface area contributed by atoms with Crippen LogP contribution >= 0.6 is 23.2 Å². The van der Waals surface area contributed by atoms with Crippen LogP contribution in [0.15, 0.2) is 18.2 Å². The minimum atomic E-state index is -0.707. The first-order valence-electron chi connectivity index (χ1n) is 10.2. The van der Waals surface area contributed by atoms with Gasteiger partial charge < -0.3 is 10.4 Å². The number of carboxylic acids is 1. The summed E-state index contributed by atoms with van der Waals surface area (Å²) in [5.74, 6) is 0.121. The maximum Gasteiger partial charge on any atom is 0.303 e. The van der Waals surface area contributed by atoms with Crippen molar-refractivity contribution in [3.8, 4) is 0 Å². The highest BCUT2D eigenvalue weighted by Crippen LogP contribution is 2.49. The summed E-state index contributed by atoms with van der Waals surface area (Å²) < 4.78 is 0. The lowest BCUT2D eigenvalue weighted by atomic mass is 9.59. The average molecular weight is 414 g/mol. The molecule has 0 aliphatic heterocycles. The number of hydrogen-bond acceptors (Lipinski definition) is 2. The lowest BCUT2D eigenvalue weighted by Crippen LogP contribution is -2.53. The monoisotopic (exact) mass is 413 g/mol. The molecule has 1 saturated carbocycles. The van der Waals surface area contributed by atoms with Crippen LogP contribution in [-0.4, -0.2) is 23.7 Å². The molecule has 0 saturated heterocycles. The average Bonchev–Trinajstić information content (AvgIpc) is 2.52. The summed E-state index contributed by atoms with van der Waals surface area (Å²) in [5, 5.41) is 14.0. The molecule has 1 aliphatic rings. The molecule has 0 amide bonds. The van der Waals surface area contributed by atoms with Crippen molar-refractivity contribution in [2.24, 2.45) is 11.8 Å². The normalized spacial score (nSPS) is 18.1. The second-order valence-electron chi connectivity index (χ2n) is 8.62. The zero-order chi connectivity index (χ0) is 20.0. The quantitative estimate of drug-likeness (QED) is 0.417. The number of rotatable bonds is 11. The third kappa shape index (κ3) is 6.10. The Balaban J connectivity index is 2.04. The van der Waals surface area contributed by atoms with Gasteiger partial charge in [0.1, 0.15) is 0 Å². The summed E-state index contributed by atoms with van der Waals surface area (Å²) >= 11 is 12.4. The van der Waals surface area contributed by atoms with Gasteiger partial charge in [-0.1, -0.05) is 56.5 Å². The predicted octanol–water partition coefficient (Wildman–Crippen LogP) is 6.31. The van der Waals surface area contributed by atoms with Crippen LogP contribution in [0, 0.1) is 11.8 Å². The van der Waals surface area contributed by atoms with Gasteiger partial charge in [-0.2, -0.15) is 0 Å². The van der Waals surface area contributed by atoms with Crippen molar-refractivity contribution in [1.29, 1.82) is 0 Å². The Morgan fingerprint density at radius 3 is 2.44 bits per heavy atom. The van der Waals surface area contributed by atoms with E-state index in [1.54, 1.807) is 0 Å². The Labute approximate surface area is 173 Å². The maximum atomic E-state index is 10.8. The van der Waals surface area contributed by atoms with Crippen molar-refractivity contribution < 1.29 is 9.90 Å². The standard InChI is InChI=1S/C22H33Cl2NO2/c1-15(2)12-20(25-11-4-6-16(3)13-21(26)27)22(9-5-10-22)17-7-8-18(23)19(24)14-17/h7-8,14-16,20,25H,4-6,9-13H2,1-3H3,(H,26,27). The van der Waals surface area contributed by atoms with Crippen molar-refractivity contribution in [2.45, 2.75) is 77.2 Å². The van der Waals surface area contributed by atoms with Crippen molar-refractivity contribution in [3.05, 3.63) is 33.8 Å². The molecule has 0 aromatic heterocycles. The summed E-state index contributed by atoms with van der Waals surface area (Å²) in [6.45, 7) is 7.48. The molecule has 0 bridgehead atoms. The van der Waals surface area contributed by atoms with Crippen LogP contribution in [0.25, 0.3) is 0 Å². The maximum absolute atomic E-state index is 10.8. The molecule has 2 rings (SSSR count). The van der Waals surface area contributed by atoms with E-state index in [4.69, 9.17) is 28.3 Å². The van der Waals surface area contributed by atoms with E-state index in [1.807, 2.05) is 19.1 Å². The zero-order valence-electron chi connectivity index (χ0n) is 16.7. The Bertz CT molecular complexity index is 629. The summed E-state index contributed by atoms with van der Waals surface area (Å²) in [5.41, 5.74) is 1.42. The first kappa shape index (κ1) is 22.5. The third-order valence-electron chi connectivity index (χ3n) is 5.90. The van der Waals surface area contributed by atoms with Gasteiger partial charge in [0.25, 0.3) is 0 Å². The highest BCUT2D eigenvalue weighted by Gasteiger charge is 2.45. The highest BCUT2D eigenvalue weighted by molar-refractivity contribution is 6.42. The molecule has 1 aliphatic carbocycles. The molecule has 0 radical (unpaired) electrons. The van der Waals surface area contributed by atoms with Crippen molar-refractivity contribution in [2.75, 3.05) is 6.54 Å². The first-order chi connectivity index (χ1) is 12.7. The van der Waals surface area contributed by atoms with Gasteiger partial charge in [-0.3, -0.25) is 4.79 Å². The van der Waals surface area contributed by atoms with Gasteiger partial charge in [-0.05, 0) is 68.2 Å². The van der Waals surface area contributed by atoms with Crippen LogP contribution in [0.2, 0.25) is 10.0 Å². The fourth-order valence-electron chi connectivity index (χ4n) is 4.30. The lowest BCUT2D eigenvalue weighted by Gasteiger charge is -2.49. The Morgan fingerprint density at radius 2 is 1.93 bits per heavy atom. The van der Waals surface area contributed by atoms with E-state index in [1.165, 1.54) is 24.8 Å². The minimum absolute atomic E-state index is 0.130. The van der Waals surface area contributed by atoms with Crippen LogP contribution in [0.5, 0.6) is 0 Å². The Hall–Kier alpha value is -0.770. The molecule has 2 unspecified atom stereocenters. The number of nitrogens with one attached hydrogen (secondary N) is 1. The van der Waals surface area contributed by atoms with Crippen LogP contribution in [-0.2, 0) is 10.2 Å². The number of carboxylic acid groups (broad SMARTS) is 1. The largest absolute Gasteiger partial charge is 0.481 e. The topological polar surface area (TPSA) is 49.3 Å². The molecule has 0 heterocycles. The Kier molecular flexibility index (Phi) is 8.45. The number of aliphatic carboxylic acids is 1. The third-order valence-corrected chi connectivity index (χ3v) is 6.64. The van der Waals surface area contributed by atoms with Crippen LogP contribution in [0.4, 0.5) is 0 Å². The van der Waals surface area contributed by atoms with Gasteiger partial charge in [0, 0.05) is 17.9 Å². The predicted molar refractivity (Wildman–Crippen MR) is 114 cm³/mol. The molecule has 0 spiro atoms. The molecule has 1 aromatic rings. The van der Waals surface area contributed by atoms with Crippen LogP contribution in [0.1, 0.15) is 71.3 Å². The van der Waals surface area contributed by atoms with E-state index in [9.17, 15) is 4.79 Å². The molecule has 2 atom stereocenters. The van der Waals surface area contributed by atoms with E-state index in [0.717, 1.165) is 25.8 Å². The van der Waals surface area contributed by atoms with Crippen LogP contribution in [0.3, 0.4) is 0 Å². The number of carbonyl (C=O) groups is 1. The lowest BCUT2D eigenvalue weighted by molar-refractivity contribution is -0.138. The van der Waals surface area contributed by atoms with Gasteiger partial charge in [-0.25, -0.2) is 0 Å². The molecule has 3 nitrogen and oxygen atoms in total. The fourth-order valence-corrected chi connectivity index (χ4v) is 4.60. The zero-order valence-corrected chi connectivity index (χ0v) is 18.2. The van der Waals surface area contributed by atoms with Gasteiger partial charge in [-0.15, -0.1) is 0 Å². The van der Waals surface area contributed by atoms with E-state index in [-0.39, 0.29) is 17.8 Å². The highest BCUT2D eigenvalue weighted by atomic mass is 35.5. The summed E-state index contributed by atoms with van der Waals surface area (Å²) in [7, 11) is 0. The molecule has 5 heteroatoms. The fraction of sp³-hybridized carbons (Fsp3) is 0.682. The van der Waals surface area contributed by atoms with E-state index >= 15 is 0 Å². The molecule has 27 heavy (non-hydrogen) atoms. The summed E-state index contributed by atoms with van der Waals surface area (Å²) in [6, 6.07) is 6.50. The van der Waals surface area contributed by atoms with E-state index in [0.29, 0.717) is 22.0 Å². The number of hydrogen-bond donors (Lipinski definition) is 2. The van der Waals surface area contributed by atoms with Gasteiger partial charge >= 0.3 is 5.97 Å². The summed E-state index contributed by atoms with van der Waals surface area (Å²) in [6.07, 6.45) is 6.89. The molecular formula is C22H33Cl2NO2. The number of benzene rings is 1. The molecule has 152 valence electrons. The molecule has 1 fully saturated rings. The van der Waals surface area contributed by atoms with Crippen LogP contribution < -0.4 is 5.32 Å². The Morgan fingerprint density at radius 1 is 1.22 bits per heavy atom. The second-order valence-corrected chi connectivity index (χ2v) is 9.43. The van der Waals surface area contributed by atoms with Crippen molar-refractivity contribution in [1.82, 2.24) is 5.32 Å². The van der Waals surface area contributed by atoms with E-state index in [2.05, 4.69) is 25.2 Å². The van der Waals surface area contributed by atoms with Crippen molar-refractivity contribution >= 4 is 29.2 Å². The molecular weight excluding hydrogens is 381 g/mol. The SMILES string of the molecule is CC(C)CC(NCCCC(C)CC(=O)O)C1(c2ccc(Cl)c(Cl)c2)CCC1. The smallest absolute Gasteiger partial charge is 0.303 e. The van der Waals surface area contributed by atoms with Gasteiger partial charge in [0.05, 0.1) is 10.0 Å². The first-order valence-corrected chi connectivity index (χ1v) is 10.9. The van der Waals surface area contributed by atoms with Crippen molar-refractivity contribution in [3.63, 3.8) is 0 Å². The minimum Gasteiger partial charge on any atom is -0.481 e. The van der Waals surface area contributed by atoms with Gasteiger partial charge in [0.2, 0.25) is 0 Å². The molecule has 1 aromatic carbocycles. The number of halogens is 2. The molecule has 2 N–H and O–H groups in total. The van der Waals surface area contributed by atoms with Gasteiger partial charge in [0.15, 0.2) is 0 Å².